The molecule has 8 nitrogen and oxygen atoms in total. The maximum atomic E-state index is 5.51. The van der Waals surface area contributed by atoms with E-state index in [2.05, 4.69) is 17.1 Å². The largest absolute Gasteiger partial charge is 0.497 e. The molecule has 5 rings (SSSR count). The van der Waals surface area contributed by atoms with E-state index in [0.717, 1.165) is 54.5 Å². The fraction of sp³-hybridized carbons (Fsp3) is 0.364. The maximum absolute atomic E-state index is 5.51. The van der Waals surface area contributed by atoms with Gasteiger partial charge < -0.3 is 14.4 Å². The monoisotopic (exact) mass is 404 g/mol. The molecule has 1 fully saturated rings. The number of hydrogen-bond acceptors (Lipinski definition) is 7. The molecule has 30 heavy (non-hydrogen) atoms. The maximum Gasteiger partial charge on any atom is 0.241 e. The van der Waals surface area contributed by atoms with Crippen molar-refractivity contribution in [1.29, 1.82) is 0 Å². The summed E-state index contributed by atoms with van der Waals surface area (Å²) in [6.07, 6.45) is 6.23. The minimum Gasteiger partial charge on any atom is -0.497 e. The lowest BCUT2D eigenvalue weighted by Crippen LogP contribution is -2.37. The molecule has 0 spiro atoms. The van der Waals surface area contributed by atoms with Crippen LogP contribution in [0.1, 0.15) is 23.6 Å². The Hall–Kier alpha value is -3.26. The molecule has 2 aliphatic rings. The van der Waals surface area contributed by atoms with Gasteiger partial charge in [0.05, 0.1) is 31.7 Å². The van der Waals surface area contributed by atoms with Crippen molar-refractivity contribution in [3.63, 3.8) is 0 Å². The number of anilines is 1. The standard InChI is InChI=1S/C22H24N6O2/c1-15-23-18-8-3-4-9-19(18)28(15)22-25-20(16-6-5-7-17(14-16)29-2)24-21(26-22)27-10-12-30-13-11-27/h4-7,9,14H,3,8,10-13H2,1-2H3. The summed E-state index contributed by atoms with van der Waals surface area (Å²) >= 11 is 0. The Bertz CT molecular complexity index is 1100. The van der Waals surface area contributed by atoms with Gasteiger partial charge in [-0.2, -0.15) is 15.0 Å². The molecule has 1 aliphatic carbocycles. The van der Waals surface area contributed by atoms with Crippen LogP contribution < -0.4 is 9.64 Å². The molecule has 1 aliphatic heterocycles. The first-order valence-corrected chi connectivity index (χ1v) is 10.2. The Balaban J connectivity index is 1.67. The quantitative estimate of drug-likeness (QED) is 0.662. The topological polar surface area (TPSA) is 78.2 Å². The summed E-state index contributed by atoms with van der Waals surface area (Å²) in [6, 6.07) is 7.79. The van der Waals surface area contributed by atoms with Crippen molar-refractivity contribution in [2.24, 2.45) is 0 Å². The predicted molar refractivity (Wildman–Crippen MR) is 114 cm³/mol. The molecule has 0 bridgehead atoms. The third-order valence-electron chi connectivity index (χ3n) is 5.41. The number of rotatable bonds is 4. The highest BCUT2D eigenvalue weighted by Gasteiger charge is 2.22. The zero-order valence-corrected chi connectivity index (χ0v) is 17.2. The highest BCUT2D eigenvalue weighted by molar-refractivity contribution is 5.61. The smallest absolute Gasteiger partial charge is 0.241 e. The van der Waals surface area contributed by atoms with Crippen molar-refractivity contribution in [2.75, 3.05) is 38.3 Å². The summed E-state index contributed by atoms with van der Waals surface area (Å²) in [5, 5.41) is 0. The molecular formula is C22H24N6O2. The zero-order valence-electron chi connectivity index (χ0n) is 17.2. The molecule has 1 saturated heterocycles. The van der Waals surface area contributed by atoms with Crippen molar-refractivity contribution in [3.8, 4) is 23.1 Å². The summed E-state index contributed by atoms with van der Waals surface area (Å²) < 4.78 is 12.9. The van der Waals surface area contributed by atoms with Crippen molar-refractivity contribution in [1.82, 2.24) is 24.5 Å². The minimum atomic E-state index is 0.585. The third-order valence-corrected chi connectivity index (χ3v) is 5.41. The van der Waals surface area contributed by atoms with Gasteiger partial charge in [0.1, 0.15) is 11.6 Å². The number of hydrogen-bond donors (Lipinski definition) is 0. The van der Waals surface area contributed by atoms with Crippen LogP contribution in [0.15, 0.2) is 30.3 Å². The first-order valence-electron chi connectivity index (χ1n) is 10.2. The zero-order chi connectivity index (χ0) is 20.5. The average Bonchev–Trinajstić information content (AvgIpc) is 3.15. The highest BCUT2D eigenvalue weighted by Crippen LogP contribution is 2.27. The van der Waals surface area contributed by atoms with Crippen LogP contribution >= 0.6 is 0 Å². The minimum absolute atomic E-state index is 0.585. The van der Waals surface area contributed by atoms with Crippen LogP contribution in [0.5, 0.6) is 5.75 Å². The van der Waals surface area contributed by atoms with Crippen LogP contribution in [0.4, 0.5) is 5.95 Å². The van der Waals surface area contributed by atoms with Gasteiger partial charge in [-0.3, -0.25) is 4.57 Å². The second kappa shape index (κ2) is 7.87. The number of fused-ring (bicyclic) bond motifs is 1. The van der Waals surface area contributed by atoms with E-state index in [1.165, 1.54) is 0 Å². The number of morpholine rings is 1. The van der Waals surface area contributed by atoms with Gasteiger partial charge in [-0.05, 0) is 38.0 Å². The number of aromatic nitrogens is 5. The van der Waals surface area contributed by atoms with Gasteiger partial charge in [0.15, 0.2) is 5.82 Å². The number of ether oxygens (including phenoxy) is 2. The average molecular weight is 404 g/mol. The van der Waals surface area contributed by atoms with Gasteiger partial charge in [0, 0.05) is 18.7 Å². The Kier molecular flexibility index (Phi) is 4.92. The Morgan fingerprint density at radius 3 is 2.70 bits per heavy atom. The van der Waals surface area contributed by atoms with Crippen molar-refractivity contribution in [3.05, 3.63) is 47.6 Å². The fourth-order valence-electron chi connectivity index (χ4n) is 3.88. The fourth-order valence-corrected chi connectivity index (χ4v) is 3.88. The lowest BCUT2D eigenvalue weighted by Gasteiger charge is -2.27. The number of benzene rings is 1. The first kappa shape index (κ1) is 18.7. The van der Waals surface area contributed by atoms with Crippen LogP contribution in [-0.4, -0.2) is 57.9 Å². The lowest BCUT2D eigenvalue weighted by atomic mass is 10.1. The molecule has 3 heterocycles. The Labute approximate surface area is 175 Å². The second-order valence-electron chi connectivity index (χ2n) is 7.36. The molecule has 1 aromatic carbocycles. The van der Waals surface area contributed by atoms with Crippen LogP contribution in [0.25, 0.3) is 23.4 Å². The van der Waals surface area contributed by atoms with Crippen molar-refractivity contribution < 1.29 is 9.47 Å². The van der Waals surface area contributed by atoms with E-state index in [4.69, 9.17) is 29.4 Å². The van der Waals surface area contributed by atoms with Crippen molar-refractivity contribution >= 4 is 12.0 Å². The molecule has 0 radical (unpaired) electrons. The first-order chi connectivity index (χ1) is 14.7. The van der Waals surface area contributed by atoms with E-state index >= 15 is 0 Å². The van der Waals surface area contributed by atoms with Crippen LogP contribution in [0.3, 0.4) is 0 Å². The molecule has 0 amide bonds. The summed E-state index contributed by atoms with van der Waals surface area (Å²) in [7, 11) is 1.66. The van der Waals surface area contributed by atoms with E-state index in [-0.39, 0.29) is 0 Å². The number of allylic oxidation sites excluding steroid dienone is 1. The van der Waals surface area contributed by atoms with Gasteiger partial charge in [0.2, 0.25) is 11.9 Å². The van der Waals surface area contributed by atoms with Crippen molar-refractivity contribution in [2.45, 2.75) is 19.8 Å². The van der Waals surface area contributed by atoms with Crippen LogP contribution in [0.2, 0.25) is 0 Å². The number of methoxy groups -OCH3 is 1. The van der Waals surface area contributed by atoms with E-state index < -0.39 is 0 Å². The van der Waals surface area contributed by atoms with E-state index in [1.807, 2.05) is 35.8 Å². The van der Waals surface area contributed by atoms with Gasteiger partial charge in [-0.15, -0.1) is 0 Å². The molecule has 0 atom stereocenters. The van der Waals surface area contributed by atoms with Gasteiger partial charge in [0.25, 0.3) is 0 Å². The molecule has 0 saturated carbocycles. The van der Waals surface area contributed by atoms with Crippen LogP contribution in [-0.2, 0) is 11.2 Å². The van der Waals surface area contributed by atoms with E-state index in [9.17, 15) is 0 Å². The van der Waals surface area contributed by atoms with Gasteiger partial charge >= 0.3 is 0 Å². The Morgan fingerprint density at radius 2 is 1.87 bits per heavy atom. The summed E-state index contributed by atoms with van der Waals surface area (Å²) in [5.74, 6) is 3.50. The summed E-state index contributed by atoms with van der Waals surface area (Å²) in [5.41, 5.74) is 3.02. The number of nitrogens with zero attached hydrogens (tertiary/aromatic N) is 6. The molecule has 154 valence electrons. The third kappa shape index (κ3) is 3.43. The second-order valence-corrected chi connectivity index (χ2v) is 7.36. The normalized spacial score (nSPS) is 15.9. The number of aryl methyl sites for hydroxylation is 2. The molecule has 3 aromatic rings. The molecule has 2 aromatic heterocycles. The van der Waals surface area contributed by atoms with Crippen LogP contribution in [0, 0.1) is 6.92 Å². The molecular weight excluding hydrogens is 380 g/mol. The summed E-state index contributed by atoms with van der Waals surface area (Å²) in [6.45, 7) is 4.83. The molecule has 8 heteroatoms. The highest BCUT2D eigenvalue weighted by atomic mass is 16.5. The number of imidazole rings is 1. The van der Waals surface area contributed by atoms with Gasteiger partial charge in [-0.25, -0.2) is 4.98 Å². The predicted octanol–water partition coefficient (Wildman–Crippen LogP) is 2.84. The lowest BCUT2D eigenvalue weighted by molar-refractivity contribution is 0.122. The Morgan fingerprint density at radius 1 is 1.03 bits per heavy atom. The molecule has 0 unspecified atom stereocenters. The van der Waals surface area contributed by atoms with E-state index in [0.29, 0.717) is 30.9 Å². The SMILES string of the molecule is COc1cccc(-c2nc(N3CCOCC3)nc(-n3c(C)nc4c3C=CCC4)n2)c1. The van der Waals surface area contributed by atoms with Gasteiger partial charge in [-0.1, -0.05) is 18.2 Å². The summed E-state index contributed by atoms with van der Waals surface area (Å²) in [4.78, 5) is 21.4. The molecule has 0 N–H and O–H groups in total. The van der Waals surface area contributed by atoms with E-state index in [1.54, 1.807) is 7.11 Å².